The molecule has 15 heteroatoms. The maximum atomic E-state index is 13.4. The second kappa shape index (κ2) is 12.3. The van der Waals surface area contributed by atoms with Gasteiger partial charge in [-0.05, 0) is 18.9 Å². The first-order valence-electron chi connectivity index (χ1n) is 13.1. The number of nitrogens with one attached hydrogen (secondary N) is 3. The van der Waals surface area contributed by atoms with Gasteiger partial charge in [0, 0.05) is 23.8 Å². The highest BCUT2D eigenvalue weighted by Gasteiger charge is 2.38. The lowest BCUT2D eigenvalue weighted by Crippen LogP contribution is -2.47. The summed E-state index contributed by atoms with van der Waals surface area (Å²) in [6, 6.07) is 6.61. The zero-order valence-electron chi connectivity index (χ0n) is 22.4. The van der Waals surface area contributed by atoms with Gasteiger partial charge >= 0.3 is 0 Å². The summed E-state index contributed by atoms with van der Waals surface area (Å²) in [6.07, 6.45) is 1.06. The van der Waals surface area contributed by atoms with Crippen LogP contribution >= 0.6 is 23.1 Å². The highest BCUT2D eigenvalue weighted by atomic mass is 32.2. The number of benzene rings is 1. The first kappa shape index (κ1) is 29.2. The molecule has 3 N–H and O–H groups in total. The van der Waals surface area contributed by atoms with Gasteiger partial charge < -0.3 is 20.7 Å². The predicted octanol–water partition coefficient (Wildman–Crippen LogP) is 0.733. The Morgan fingerprint density at radius 2 is 1.83 bits per heavy atom. The quantitative estimate of drug-likeness (QED) is 0.441. The number of rotatable bonds is 5. The minimum absolute atomic E-state index is 0.0940. The number of thiazole rings is 1. The highest BCUT2D eigenvalue weighted by molar-refractivity contribution is 8.14. The van der Waals surface area contributed by atoms with Crippen LogP contribution in [0.2, 0.25) is 0 Å². The number of thioether (sulfide) groups is 1. The van der Waals surface area contributed by atoms with E-state index in [1.807, 2.05) is 30.3 Å². The van der Waals surface area contributed by atoms with Gasteiger partial charge in [-0.15, -0.1) is 23.1 Å². The number of ether oxygens (including phenoxy) is 1. The number of nitrogens with zero attached hydrogens (tertiary/aromatic N) is 3. The largest absolute Gasteiger partial charge is 0.474 e. The fourth-order valence-electron chi connectivity index (χ4n) is 4.59. The second-order valence-electron chi connectivity index (χ2n) is 10.1. The van der Waals surface area contributed by atoms with Gasteiger partial charge in [0.2, 0.25) is 17.7 Å². The third-order valence-corrected chi connectivity index (χ3v) is 9.73. The second-order valence-corrected chi connectivity index (χ2v) is 14.3. The number of hydrogen-bond donors (Lipinski definition) is 3. The van der Waals surface area contributed by atoms with E-state index in [0.29, 0.717) is 22.2 Å². The smallest absolute Gasteiger partial charge is 0.271 e. The third-order valence-electron chi connectivity index (χ3n) is 6.74. The van der Waals surface area contributed by atoms with Crippen molar-refractivity contribution < 1.29 is 27.5 Å². The first-order valence-corrected chi connectivity index (χ1v) is 17.0. The van der Waals surface area contributed by atoms with Crippen molar-refractivity contribution in [3.05, 3.63) is 52.0 Å². The molecule has 6 bridgehead atoms. The number of fused-ring (bicyclic) bond motifs is 4. The summed E-state index contributed by atoms with van der Waals surface area (Å²) in [7, 11) is -3.32. The lowest BCUT2D eigenvalue weighted by atomic mass is 10.1. The molecule has 0 unspecified atom stereocenters. The van der Waals surface area contributed by atoms with Crippen molar-refractivity contribution >= 4 is 61.6 Å². The molecule has 5 atom stereocenters. The molecular formula is C26H30N6O6S3. The van der Waals surface area contributed by atoms with Gasteiger partial charge in [0.25, 0.3) is 5.91 Å². The molecule has 3 aliphatic rings. The summed E-state index contributed by atoms with van der Waals surface area (Å²) in [5.74, 6) is -0.802. The summed E-state index contributed by atoms with van der Waals surface area (Å²) in [5, 5.41) is 11.2. The van der Waals surface area contributed by atoms with E-state index in [1.165, 1.54) is 23.1 Å². The van der Waals surface area contributed by atoms with Crippen LogP contribution < -0.4 is 16.0 Å². The molecule has 4 heterocycles. The number of amides is 3. The van der Waals surface area contributed by atoms with Gasteiger partial charge in [0.15, 0.2) is 6.04 Å². The maximum absolute atomic E-state index is 13.4. The van der Waals surface area contributed by atoms with Crippen molar-refractivity contribution in [2.45, 2.75) is 56.6 Å². The normalized spacial score (nSPS) is 27.0. The monoisotopic (exact) mass is 618 g/mol. The molecule has 0 saturated heterocycles. The minimum Gasteiger partial charge on any atom is -0.474 e. The summed E-state index contributed by atoms with van der Waals surface area (Å²) in [4.78, 5) is 53.0. The number of sulfone groups is 1. The molecule has 3 aliphatic heterocycles. The first-order chi connectivity index (χ1) is 19.6. The van der Waals surface area contributed by atoms with E-state index in [9.17, 15) is 22.8 Å². The van der Waals surface area contributed by atoms with Crippen LogP contribution in [0.5, 0.6) is 0 Å². The molecule has 12 nitrogen and oxygen atoms in total. The molecule has 0 saturated carbocycles. The summed E-state index contributed by atoms with van der Waals surface area (Å²) < 4.78 is 29.8. The highest BCUT2D eigenvalue weighted by Crippen LogP contribution is 2.24. The Bertz CT molecular complexity index is 1490. The number of aliphatic imine (C=N–C) groups is 2. The van der Waals surface area contributed by atoms with Gasteiger partial charge in [-0.3, -0.25) is 19.4 Å². The molecule has 0 radical (unpaired) electrons. The third kappa shape index (κ3) is 7.32. The van der Waals surface area contributed by atoms with Crippen LogP contribution in [0.3, 0.4) is 0 Å². The van der Waals surface area contributed by atoms with Gasteiger partial charge in [-0.1, -0.05) is 30.3 Å². The Balaban J connectivity index is 1.47. The molecule has 1 aromatic carbocycles. The van der Waals surface area contributed by atoms with Crippen molar-refractivity contribution in [1.82, 2.24) is 20.9 Å². The Morgan fingerprint density at radius 3 is 2.59 bits per heavy atom. The van der Waals surface area contributed by atoms with Crippen LogP contribution in [-0.2, 0) is 37.1 Å². The molecule has 5 rings (SSSR count). The van der Waals surface area contributed by atoms with Crippen molar-refractivity contribution in [2.24, 2.45) is 9.98 Å². The van der Waals surface area contributed by atoms with Crippen molar-refractivity contribution in [3.63, 3.8) is 0 Å². The zero-order valence-corrected chi connectivity index (χ0v) is 24.9. The van der Waals surface area contributed by atoms with Gasteiger partial charge in [0.05, 0.1) is 23.4 Å². The molecule has 0 spiro atoms. The number of hydrogen-bond acceptors (Lipinski definition) is 11. The van der Waals surface area contributed by atoms with Crippen LogP contribution in [0.1, 0.15) is 34.4 Å². The molecular weight excluding hydrogens is 589 g/mol. The average molecular weight is 619 g/mol. The van der Waals surface area contributed by atoms with Crippen molar-refractivity contribution in [3.8, 4) is 0 Å². The molecule has 2 aromatic rings. The predicted molar refractivity (Wildman–Crippen MR) is 157 cm³/mol. The lowest BCUT2D eigenvalue weighted by molar-refractivity contribution is -0.124. The van der Waals surface area contributed by atoms with Gasteiger partial charge in [0.1, 0.15) is 38.7 Å². The molecule has 0 aliphatic carbocycles. The number of aromatic nitrogens is 1. The molecule has 0 fully saturated rings. The fraction of sp³-hybridized carbons (Fsp3) is 0.462. The topological polar surface area (TPSA) is 168 Å². The Morgan fingerprint density at radius 1 is 1.05 bits per heavy atom. The van der Waals surface area contributed by atoms with Crippen molar-refractivity contribution in [1.29, 1.82) is 0 Å². The minimum atomic E-state index is -3.32. The van der Waals surface area contributed by atoms with E-state index < -0.39 is 46.0 Å². The summed E-state index contributed by atoms with van der Waals surface area (Å²) >= 11 is 2.52. The van der Waals surface area contributed by atoms with E-state index in [1.54, 1.807) is 12.3 Å². The molecule has 3 amide bonds. The van der Waals surface area contributed by atoms with Crippen molar-refractivity contribution in [2.75, 3.05) is 17.8 Å². The van der Waals surface area contributed by atoms with Crippen LogP contribution in [0.25, 0.3) is 0 Å². The number of carbonyl (C=O) groups is 3. The summed E-state index contributed by atoms with van der Waals surface area (Å²) in [6.45, 7) is 1.84. The molecule has 41 heavy (non-hydrogen) atoms. The van der Waals surface area contributed by atoms with Crippen LogP contribution in [-0.4, -0.2) is 90.1 Å². The Kier molecular flexibility index (Phi) is 8.75. The van der Waals surface area contributed by atoms with Gasteiger partial charge in [-0.25, -0.2) is 18.4 Å². The SMILES string of the molecule is C[C@H]1OC2=N[C@@H]1C(=O)NCc1nc(cs1)C(=O)N[C@@H](CCS(C)(=O)=O)C1=N[C@H](CS1)C(=O)N[C@@H]2Cc1ccccc1. The van der Waals surface area contributed by atoms with E-state index >= 15 is 0 Å². The van der Waals surface area contributed by atoms with Crippen LogP contribution in [0.15, 0.2) is 45.7 Å². The standard InChI is InChI=1S/C26H30N6O6S3/c1-14-21-24(35)27-11-20-28-18(12-39-20)22(33)29-16(8-9-41(2,36)37)26-31-19(13-40-26)23(34)30-17(25(32-21)38-14)10-15-6-4-3-5-7-15/h3-7,12,14,16-17,19,21H,8-11,13H2,1-2H3,(H,27,35)(H,29,33)(H,30,34)/t14-,16+,17-,19-,21+/m1/s1. The maximum Gasteiger partial charge on any atom is 0.271 e. The lowest BCUT2D eigenvalue weighted by Gasteiger charge is -2.21. The van der Waals surface area contributed by atoms with Crippen LogP contribution in [0.4, 0.5) is 0 Å². The van der Waals surface area contributed by atoms with E-state index in [2.05, 4.69) is 30.9 Å². The molecule has 1 aromatic heterocycles. The zero-order chi connectivity index (χ0) is 29.1. The number of carbonyl (C=O) groups excluding carboxylic acids is 3. The van der Waals surface area contributed by atoms with E-state index in [-0.39, 0.29) is 42.1 Å². The molecule has 218 valence electrons. The summed E-state index contributed by atoms with van der Waals surface area (Å²) in [5.41, 5.74) is 1.09. The Hall–Kier alpha value is -3.30. The van der Waals surface area contributed by atoms with E-state index in [0.717, 1.165) is 11.8 Å². The fourth-order valence-corrected chi connectivity index (χ4v) is 7.10. The average Bonchev–Trinajstić information content (AvgIpc) is 3.69. The van der Waals surface area contributed by atoms with Crippen LogP contribution in [0, 0.1) is 0 Å². The Labute approximate surface area is 245 Å². The van der Waals surface area contributed by atoms with E-state index in [4.69, 9.17) is 4.74 Å². The van der Waals surface area contributed by atoms with Gasteiger partial charge in [-0.2, -0.15) is 0 Å².